The molecule has 1 aliphatic rings. The van der Waals surface area contributed by atoms with Gasteiger partial charge in [-0.2, -0.15) is 0 Å². The number of imidazole rings is 1. The second-order valence-corrected chi connectivity index (χ2v) is 5.76. The van der Waals surface area contributed by atoms with Gasteiger partial charge in [0, 0.05) is 37.4 Å². The number of benzene rings is 1. The predicted molar refractivity (Wildman–Crippen MR) is 85.6 cm³/mol. The van der Waals surface area contributed by atoms with Crippen LogP contribution in [0.25, 0.3) is 0 Å². The Hall–Kier alpha value is -2.30. The number of hydrogen-bond donors (Lipinski definition) is 2. The van der Waals surface area contributed by atoms with Crippen LogP contribution in [0.1, 0.15) is 36.0 Å². The molecular weight excluding hydrogens is 276 g/mol. The Balaban J connectivity index is 1.42. The maximum absolute atomic E-state index is 11.8. The number of aryl methyl sites for hydroxylation is 1. The number of nitrogens with one attached hydrogen (secondary N) is 2. The minimum absolute atomic E-state index is 0.134. The maximum Gasteiger partial charge on any atom is 0.315 e. The molecule has 1 aromatic heterocycles. The molecule has 1 aromatic carbocycles. The van der Waals surface area contributed by atoms with Gasteiger partial charge in [-0.15, -0.1) is 0 Å². The number of aromatic nitrogens is 2. The van der Waals surface area contributed by atoms with Gasteiger partial charge in [-0.25, -0.2) is 9.78 Å². The van der Waals surface area contributed by atoms with E-state index >= 15 is 0 Å². The Morgan fingerprint density at radius 1 is 1.27 bits per heavy atom. The van der Waals surface area contributed by atoms with Crippen molar-refractivity contribution >= 4 is 6.03 Å². The quantitative estimate of drug-likeness (QED) is 0.861. The fourth-order valence-corrected chi connectivity index (χ4v) is 2.64. The molecule has 0 bridgehead atoms. The van der Waals surface area contributed by atoms with Crippen LogP contribution in [-0.4, -0.2) is 22.1 Å². The van der Waals surface area contributed by atoms with E-state index in [9.17, 15) is 4.79 Å². The third-order valence-corrected chi connectivity index (χ3v) is 3.90. The summed E-state index contributed by atoms with van der Waals surface area (Å²) in [5.74, 6) is 1.07. The van der Waals surface area contributed by atoms with Crippen molar-refractivity contribution in [1.29, 1.82) is 0 Å². The van der Waals surface area contributed by atoms with Crippen molar-refractivity contribution < 1.29 is 4.79 Å². The molecule has 22 heavy (non-hydrogen) atoms. The van der Waals surface area contributed by atoms with Crippen LogP contribution in [0.4, 0.5) is 4.79 Å². The van der Waals surface area contributed by atoms with Crippen LogP contribution >= 0.6 is 0 Å². The summed E-state index contributed by atoms with van der Waals surface area (Å²) in [7, 11) is 0. The van der Waals surface area contributed by atoms with E-state index in [1.807, 2.05) is 36.5 Å². The van der Waals surface area contributed by atoms with Crippen LogP contribution in [0.5, 0.6) is 0 Å². The zero-order valence-electron chi connectivity index (χ0n) is 12.9. The molecule has 2 N–H and O–H groups in total. The van der Waals surface area contributed by atoms with Crippen LogP contribution in [-0.2, 0) is 13.0 Å². The molecule has 5 heteroatoms. The molecule has 1 saturated carbocycles. The number of amides is 2. The molecule has 3 rings (SSSR count). The van der Waals surface area contributed by atoms with Crippen LogP contribution < -0.4 is 10.6 Å². The summed E-state index contributed by atoms with van der Waals surface area (Å²) in [6.07, 6.45) is 5.18. The van der Waals surface area contributed by atoms with Crippen LogP contribution in [0.15, 0.2) is 36.5 Å². The molecule has 2 amide bonds. The summed E-state index contributed by atoms with van der Waals surface area (Å²) >= 11 is 0. The third-order valence-electron chi connectivity index (χ3n) is 3.90. The minimum atomic E-state index is -0.134. The zero-order valence-corrected chi connectivity index (χ0v) is 12.9. The minimum Gasteiger partial charge on any atom is -0.338 e. The maximum atomic E-state index is 11.8. The summed E-state index contributed by atoms with van der Waals surface area (Å²) < 4.78 is 2.31. The molecule has 0 atom stereocenters. The molecule has 1 fully saturated rings. The van der Waals surface area contributed by atoms with Crippen molar-refractivity contribution in [3.05, 3.63) is 53.6 Å². The monoisotopic (exact) mass is 298 g/mol. The fourth-order valence-electron chi connectivity index (χ4n) is 2.64. The van der Waals surface area contributed by atoms with Gasteiger partial charge in [0.15, 0.2) is 0 Å². The van der Waals surface area contributed by atoms with Crippen molar-refractivity contribution in [2.24, 2.45) is 0 Å². The lowest BCUT2D eigenvalue weighted by molar-refractivity contribution is 0.240. The standard InChI is InChI=1S/C17H22N4O/c1-13-11-19-16(21(13)15-7-8-15)9-10-18-17(22)20-12-14-5-3-2-4-6-14/h2-6,11,15H,7-10,12H2,1H3,(H2,18,20,22). The molecule has 2 aromatic rings. The van der Waals surface area contributed by atoms with Crippen molar-refractivity contribution in [1.82, 2.24) is 20.2 Å². The third kappa shape index (κ3) is 3.67. The SMILES string of the molecule is Cc1cnc(CCNC(=O)NCc2ccccc2)n1C1CC1. The highest BCUT2D eigenvalue weighted by Crippen LogP contribution is 2.36. The van der Waals surface area contributed by atoms with E-state index in [4.69, 9.17) is 0 Å². The fraction of sp³-hybridized carbons (Fsp3) is 0.412. The van der Waals surface area contributed by atoms with Gasteiger partial charge in [0.05, 0.1) is 0 Å². The van der Waals surface area contributed by atoms with E-state index in [2.05, 4.69) is 27.1 Å². The Kier molecular flexibility index (Phi) is 4.42. The molecule has 1 aliphatic carbocycles. The number of rotatable bonds is 6. The predicted octanol–water partition coefficient (Wildman–Crippen LogP) is 2.57. The van der Waals surface area contributed by atoms with Crippen LogP contribution in [0.3, 0.4) is 0 Å². The molecule has 0 aliphatic heterocycles. The highest BCUT2D eigenvalue weighted by atomic mass is 16.2. The number of hydrogen-bond acceptors (Lipinski definition) is 2. The van der Waals surface area contributed by atoms with Crippen molar-refractivity contribution in [3.8, 4) is 0 Å². The van der Waals surface area contributed by atoms with E-state index in [-0.39, 0.29) is 6.03 Å². The highest BCUT2D eigenvalue weighted by Gasteiger charge is 2.26. The normalized spacial score (nSPS) is 13.9. The number of carbonyl (C=O) groups excluding carboxylic acids is 1. The molecule has 5 nitrogen and oxygen atoms in total. The average Bonchev–Trinajstić information content (AvgIpc) is 3.30. The molecule has 0 spiro atoms. The largest absolute Gasteiger partial charge is 0.338 e. The van der Waals surface area contributed by atoms with Gasteiger partial charge in [-0.05, 0) is 25.3 Å². The van der Waals surface area contributed by atoms with Crippen LogP contribution in [0, 0.1) is 6.92 Å². The summed E-state index contributed by atoms with van der Waals surface area (Å²) in [5.41, 5.74) is 2.31. The number of nitrogens with zero attached hydrogens (tertiary/aromatic N) is 2. The number of urea groups is 1. The average molecular weight is 298 g/mol. The van der Waals surface area contributed by atoms with Gasteiger partial charge in [-0.1, -0.05) is 30.3 Å². The van der Waals surface area contributed by atoms with Gasteiger partial charge in [-0.3, -0.25) is 0 Å². The Labute approximate surface area is 130 Å². The number of carbonyl (C=O) groups is 1. The summed E-state index contributed by atoms with van der Waals surface area (Å²) in [6.45, 7) is 3.24. The molecular formula is C17H22N4O. The summed E-state index contributed by atoms with van der Waals surface area (Å²) in [6, 6.07) is 10.4. The lowest BCUT2D eigenvalue weighted by atomic mass is 10.2. The van der Waals surface area contributed by atoms with E-state index < -0.39 is 0 Å². The molecule has 0 radical (unpaired) electrons. The Morgan fingerprint density at radius 2 is 2.05 bits per heavy atom. The first kappa shape index (κ1) is 14.6. The van der Waals surface area contributed by atoms with Crippen molar-refractivity contribution in [2.45, 2.75) is 38.8 Å². The summed E-state index contributed by atoms with van der Waals surface area (Å²) in [5, 5.41) is 5.76. The first-order chi connectivity index (χ1) is 10.7. The molecule has 0 unspecified atom stereocenters. The Morgan fingerprint density at radius 3 is 2.77 bits per heavy atom. The molecule has 0 saturated heterocycles. The van der Waals surface area contributed by atoms with Gasteiger partial charge in [0.1, 0.15) is 5.82 Å². The summed E-state index contributed by atoms with van der Waals surface area (Å²) in [4.78, 5) is 16.3. The Bertz CT molecular complexity index is 631. The zero-order chi connectivity index (χ0) is 15.4. The first-order valence-electron chi connectivity index (χ1n) is 7.82. The highest BCUT2D eigenvalue weighted by molar-refractivity contribution is 5.73. The first-order valence-corrected chi connectivity index (χ1v) is 7.82. The van der Waals surface area contributed by atoms with Crippen molar-refractivity contribution in [3.63, 3.8) is 0 Å². The van der Waals surface area contributed by atoms with Gasteiger partial charge in [0.2, 0.25) is 0 Å². The van der Waals surface area contributed by atoms with E-state index in [0.29, 0.717) is 19.1 Å². The van der Waals surface area contributed by atoms with Crippen molar-refractivity contribution in [2.75, 3.05) is 6.54 Å². The smallest absolute Gasteiger partial charge is 0.315 e. The van der Waals surface area contributed by atoms with Gasteiger partial charge in [0.25, 0.3) is 0 Å². The van der Waals surface area contributed by atoms with E-state index in [1.165, 1.54) is 18.5 Å². The molecule has 1 heterocycles. The second-order valence-electron chi connectivity index (χ2n) is 5.76. The van der Waals surface area contributed by atoms with Crippen LogP contribution in [0.2, 0.25) is 0 Å². The van der Waals surface area contributed by atoms with E-state index in [0.717, 1.165) is 17.8 Å². The lowest BCUT2D eigenvalue weighted by Gasteiger charge is -2.10. The molecule has 116 valence electrons. The lowest BCUT2D eigenvalue weighted by Crippen LogP contribution is -2.36. The van der Waals surface area contributed by atoms with Gasteiger partial charge >= 0.3 is 6.03 Å². The second kappa shape index (κ2) is 6.64. The van der Waals surface area contributed by atoms with Gasteiger partial charge < -0.3 is 15.2 Å². The topological polar surface area (TPSA) is 59.0 Å². The van der Waals surface area contributed by atoms with E-state index in [1.54, 1.807) is 0 Å².